The van der Waals surface area contributed by atoms with Crippen LogP contribution in [0.5, 0.6) is 0 Å². The molecule has 7 heteroatoms. The van der Waals surface area contributed by atoms with Gasteiger partial charge in [0.05, 0.1) is 0 Å². The molecule has 0 unspecified atom stereocenters. The summed E-state index contributed by atoms with van der Waals surface area (Å²) >= 11 is 1.93. The van der Waals surface area contributed by atoms with Gasteiger partial charge >= 0.3 is 0 Å². The molecule has 22 heavy (non-hydrogen) atoms. The number of hydrogen-bond donors (Lipinski definition) is 1. The number of guanidine groups is 1. The Labute approximate surface area is 137 Å². The Hall–Kier alpha value is -0.950. The normalized spacial score (nSPS) is 22.6. The third kappa shape index (κ3) is 4.29. The summed E-state index contributed by atoms with van der Waals surface area (Å²) in [5.74, 6) is 1.11. The molecule has 0 aromatic heterocycles. The molecule has 0 saturated carbocycles. The molecule has 6 nitrogen and oxygen atoms in total. The average Bonchev–Trinajstić information content (AvgIpc) is 2.56. The summed E-state index contributed by atoms with van der Waals surface area (Å²) < 4.78 is 5.74. The lowest BCUT2D eigenvalue weighted by molar-refractivity contribution is -0.130. The highest BCUT2D eigenvalue weighted by atomic mass is 32.2. The Bertz CT molecular complexity index is 402. The van der Waals surface area contributed by atoms with Crippen molar-refractivity contribution in [3.8, 4) is 0 Å². The molecule has 2 rings (SSSR count). The van der Waals surface area contributed by atoms with Crippen LogP contribution in [0, 0.1) is 0 Å². The quantitative estimate of drug-likeness (QED) is 0.609. The number of hydrogen-bond acceptors (Lipinski definition) is 4. The minimum absolute atomic E-state index is 0.158. The number of ether oxygens (including phenoxy) is 1. The molecule has 0 aromatic carbocycles. The molecule has 0 bridgehead atoms. The highest BCUT2D eigenvalue weighted by Crippen LogP contribution is 2.33. The van der Waals surface area contributed by atoms with Crippen LogP contribution in [0.4, 0.5) is 0 Å². The molecule has 2 heterocycles. The standard InChI is InChI=1S/C15H28N4O2S/c1-13(20)18-6-8-19(9-7-18)14(16-2)17-12-15(22-3)4-10-21-11-5-15/h4-12H2,1-3H3,(H,16,17). The predicted molar refractivity (Wildman–Crippen MR) is 91.5 cm³/mol. The van der Waals surface area contributed by atoms with Crippen molar-refractivity contribution in [1.29, 1.82) is 0 Å². The van der Waals surface area contributed by atoms with Crippen LogP contribution in [0.3, 0.4) is 0 Å². The fourth-order valence-corrected chi connectivity index (χ4v) is 3.79. The van der Waals surface area contributed by atoms with Crippen LogP contribution in [0.2, 0.25) is 0 Å². The van der Waals surface area contributed by atoms with Crippen molar-refractivity contribution in [1.82, 2.24) is 15.1 Å². The van der Waals surface area contributed by atoms with Gasteiger partial charge in [-0.25, -0.2) is 0 Å². The number of thioether (sulfide) groups is 1. The van der Waals surface area contributed by atoms with E-state index in [9.17, 15) is 4.79 Å². The predicted octanol–water partition coefficient (Wildman–Crippen LogP) is 0.638. The van der Waals surface area contributed by atoms with E-state index in [1.165, 1.54) is 0 Å². The minimum Gasteiger partial charge on any atom is -0.381 e. The molecule has 2 aliphatic rings. The first-order valence-corrected chi connectivity index (χ1v) is 9.17. The Kier molecular flexibility index (Phi) is 6.37. The third-order valence-electron chi connectivity index (χ3n) is 4.64. The number of nitrogens with zero attached hydrogens (tertiary/aromatic N) is 3. The Morgan fingerprint density at radius 3 is 2.32 bits per heavy atom. The van der Waals surface area contributed by atoms with Crippen LogP contribution < -0.4 is 5.32 Å². The van der Waals surface area contributed by atoms with Crippen molar-refractivity contribution in [3.05, 3.63) is 0 Å². The van der Waals surface area contributed by atoms with Crippen molar-refractivity contribution in [2.24, 2.45) is 4.99 Å². The van der Waals surface area contributed by atoms with Gasteiger partial charge in [-0.3, -0.25) is 9.79 Å². The van der Waals surface area contributed by atoms with E-state index in [1.54, 1.807) is 6.92 Å². The van der Waals surface area contributed by atoms with Crippen LogP contribution in [0.1, 0.15) is 19.8 Å². The molecule has 126 valence electrons. The largest absolute Gasteiger partial charge is 0.381 e. The number of nitrogens with one attached hydrogen (secondary N) is 1. The molecule has 2 fully saturated rings. The number of aliphatic imine (C=N–C) groups is 1. The van der Waals surface area contributed by atoms with Crippen LogP contribution >= 0.6 is 11.8 Å². The number of piperazine rings is 1. The van der Waals surface area contributed by atoms with Gasteiger partial charge in [0.2, 0.25) is 5.91 Å². The number of rotatable bonds is 3. The molecule has 1 N–H and O–H groups in total. The van der Waals surface area contributed by atoms with Gasteiger partial charge in [-0.1, -0.05) is 0 Å². The summed E-state index contributed by atoms with van der Waals surface area (Å²) in [5, 5.41) is 3.54. The molecule has 0 radical (unpaired) electrons. The fraction of sp³-hybridized carbons (Fsp3) is 0.867. The maximum atomic E-state index is 11.4. The summed E-state index contributed by atoms with van der Waals surface area (Å²) in [6.07, 6.45) is 4.34. The van der Waals surface area contributed by atoms with Gasteiger partial charge in [0.1, 0.15) is 0 Å². The van der Waals surface area contributed by atoms with E-state index >= 15 is 0 Å². The Balaban J connectivity index is 1.86. The number of carbonyl (C=O) groups is 1. The van der Waals surface area contributed by atoms with Gasteiger partial charge in [0, 0.05) is 64.7 Å². The van der Waals surface area contributed by atoms with E-state index in [0.717, 1.165) is 64.7 Å². The first-order valence-electron chi connectivity index (χ1n) is 7.94. The highest BCUT2D eigenvalue weighted by molar-refractivity contribution is 8.00. The van der Waals surface area contributed by atoms with Crippen molar-refractivity contribution >= 4 is 23.6 Å². The van der Waals surface area contributed by atoms with Gasteiger partial charge in [0.25, 0.3) is 0 Å². The zero-order chi connectivity index (χ0) is 16.0. The van der Waals surface area contributed by atoms with Gasteiger partial charge in [-0.2, -0.15) is 11.8 Å². The van der Waals surface area contributed by atoms with Crippen molar-refractivity contribution in [2.45, 2.75) is 24.5 Å². The third-order valence-corrected chi connectivity index (χ3v) is 6.06. The second-order valence-electron chi connectivity index (χ2n) is 5.89. The lowest BCUT2D eigenvalue weighted by Gasteiger charge is -2.39. The van der Waals surface area contributed by atoms with Gasteiger partial charge in [-0.15, -0.1) is 0 Å². The molecule has 2 saturated heterocycles. The summed E-state index contributed by atoms with van der Waals surface area (Å²) in [7, 11) is 1.83. The molecule has 0 aromatic rings. The lowest BCUT2D eigenvalue weighted by atomic mass is 9.99. The molecular weight excluding hydrogens is 300 g/mol. The zero-order valence-corrected chi connectivity index (χ0v) is 14.7. The Morgan fingerprint density at radius 1 is 1.23 bits per heavy atom. The van der Waals surface area contributed by atoms with E-state index in [4.69, 9.17) is 4.74 Å². The zero-order valence-electron chi connectivity index (χ0n) is 13.9. The van der Waals surface area contributed by atoms with Crippen LogP contribution in [-0.2, 0) is 9.53 Å². The molecule has 0 atom stereocenters. The summed E-state index contributed by atoms with van der Waals surface area (Å²) in [6, 6.07) is 0. The molecule has 0 aliphatic carbocycles. The highest BCUT2D eigenvalue weighted by Gasteiger charge is 2.32. The summed E-state index contributed by atoms with van der Waals surface area (Å²) in [5.41, 5.74) is 0. The van der Waals surface area contributed by atoms with Gasteiger partial charge < -0.3 is 19.9 Å². The minimum atomic E-state index is 0.158. The number of amides is 1. The summed E-state index contributed by atoms with van der Waals surface area (Å²) in [4.78, 5) is 20.0. The lowest BCUT2D eigenvalue weighted by Crippen LogP contribution is -2.55. The van der Waals surface area contributed by atoms with Gasteiger partial charge in [-0.05, 0) is 19.1 Å². The first kappa shape index (κ1) is 17.4. The van der Waals surface area contributed by atoms with Crippen LogP contribution in [0.15, 0.2) is 4.99 Å². The summed E-state index contributed by atoms with van der Waals surface area (Å²) in [6.45, 7) is 7.47. The topological polar surface area (TPSA) is 57.2 Å². The smallest absolute Gasteiger partial charge is 0.219 e. The van der Waals surface area contributed by atoms with E-state index in [0.29, 0.717) is 0 Å². The second-order valence-corrected chi connectivity index (χ2v) is 7.17. The maximum Gasteiger partial charge on any atom is 0.219 e. The monoisotopic (exact) mass is 328 g/mol. The van der Waals surface area contributed by atoms with E-state index in [2.05, 4.69) is 21.5 Å². The van der Waals surface area contributed by atoms with Crippen LogP contribution in [-0.4, -0.2) is 85.7 Å². The van der Waals surface area contributed by atoms with Crippen molar-refractivity contribution in [3.63, 3.8) is 0 Å². The Morgan fingerprint density at radius 2 is 1.82 bits per heavy atom. The first-order chi connectivity index (χ1) is 10.6. The molecule has 0 spiro atoms. The average molecular weight is 328 g/mol. The van der Waals surface area contributed by atoms with E-state index in [1.807, 2.05) is 23.7 Å². The molecule has 1 amide bonds. The SMILES string of the molecule is CN=C(NCC1(SC)CCOCC1)N1CCN(C(C)=O)CC1. The maximum absolute atomic E-state index is 11.4. The molecular formula is C15H28N4O2S. The van der Waals surface area contributed by atoms with E-state index < -0.39 is 0 Å². The van der Waals surface area contributed by atoms with Crippen molar-refractivity contribution in [2.75, 3.05) is 59.2 Å². The fourth-order valence-electron chi connectivity index (χ4n) is 3.00. The number of carbonyl (C=O) groups excluding carboxylic acids is 1. The van der Waals surface area contributed by atoms with Gasteiger partial charge in [0.15, 0.2) is 5.96 Å². The van der Waals surface area contributed by atoms with Crippen LogP contribution in [0.25, 0.3) is 0 Å². The van der Waals surface area contributed by atoms with Crippen molar-refractivity contribution < 1.29 is 9.53 Å². The van der Waals surface area contributed by atoms with E-state index in [-0.39, 0.29) is 10.7 Å². The molecule has 2 aliphatic heterocycles. The second kappa shape index (κ2) is 8.06.